The van der Waals surface area contributed by atoms with Gasteiger partial charge in [0.2, 0.25) is 5.91 Å². The van der Waals surface area contributed by atoms with Crippen LogP contribution in [0.4, 0.5) is 0 Å². The molecule has 0 unspecified atom stereocenters. The van der Waals surface area contributed by atoms with Crippen molar-refractivity contribution >= 4 is 11.8 Å². The maximum atomic E-state index is 12.8. The number of likely N-dealkylation sites (tertiary alicyclic amines) is 1. The van der Waals surface area contributed by atoms with Gasteiger partial charge in [-0.25, -0.2) is 0 Å². The first kappa shape index (κ1) is 22.5. The van der Waals surface area contributed by atoms with Gasteiger partial charge in [0.15, 0.2) is 11.5 Å². The molecule has 0 spiro atoms. The zero-order valence-electron chi connectivity index (χ0n) is 18.3. The number of carbonyl (C=O) groups is 2. The fourth-order valence-corrected chi connectivity index (χ4v) is 3.84. The van der Waals surface area contributed by atoms with Crippen LogP contribution in [0.1, 0.15) is 35.2 Å². The van der Waals surface area contributed by atoms with Gasteiger partial charge in [0.25, 0.3) is 5.91 Å². The molecule has 1 heterocycles. The smallest absolute Gasteiger partial charge is 0.253 e. The number of piperidine rings is 1. The van der Waals surface area contributed by atoms with Gasteiger partial charge in [0, 0.05) is 31.1 Å². The summed E-state index contributed by atoms with van der Waals surface area (Å²) in [6.07, 6.45) is 2.51. The number of amides is 2. The number of hydrogen-bond acceptors (Lipinski definition) is 5. The Morgan fingerprint density at radius 2 is 1.61 bits per heavy atom. The molecule has 0 saturated carbocycles. The summed E-state index contributed by atoms with van der Waals surface area (Å²) in [6, 6.07) is 13.0. The lowest BCUT2D eigenvalue weighted by Crippen LogP contribution is -2.46. The molecule has 166 valence electrons. The number of methoxy groups -OCH3 is 3. The van der Waals surface area contributed by atoms with Crippen molar-refractivity contribution in [1.29, 1.82) is 0 Å². The minimum absolute atomic E-state index is 0.0237. The monoisotopic (exact) mass is 426 g/mol. The molecular weight excluding hydrogens is 396 g/mol. The van der Waals surface area contributed by atoms with E-state index in [9.17, 15) is 9.59 Å². The quantitative estimate of drug-likeness (QED) is 0.702. The molecule has 1 saturated heterocycles. The molecule has 2 aromatic rings. The van der Waals surface area contributed by atoms with Crippen molar-refractivity contribution in [2.24, 2.45) is 0 Å². The summed E-state index contributed by atoms with van der Waals surface area (Å²) < 4.78 is 15.9. The van der Waals surface area contributed by atoms with Gasteiger partial charge in [0.1, 0.15) is 5.75 Å². The number of para-hydroxylation sites is 1. The zero-order chi connectivity index (χ0) is 22.2. The molecule has 0 aliphatic carbocycles. The summed E-state index contributed by atoms with van der Waals surface area (Å²) in [5, 5.41) is 3.10. The second-order valence-corrected chi connectivity index (χ2v) is 7.52. The van der Waals surface area contributed by atoms with Gasteiger partial charge >= 0.3 is 0 Å². The van der Waals surface area contributed by atoms with Gasteiger partial charge in [-0.3, -0.25) is 9.59 Å². The van der Waals surface area contributed by atoms with E-state index in [1.165, 1.54) is 0 Å². The summed E-state index contributed by atoms with van der Waals surface area (Å²) in [6.45, 7) is 1.20. The average Bonchev–Trinajstić information content (AvgIpc) is 2.82. The lowest BCUT2D eigenvalue weighted by atomic mass is 10.0. The van der Waals surface area contributed by atoms with E-state index in [0.29, 0.717) is 43.0 Å². The number of hydrogen-bond donors (Lipinski definition) is 1. The second kappa shape index (κ2) is 10.7. The van der Waals surface area contributed by atoms with E-state index in [-0.39, 0.29) is 17.9 Å². The highest BCUT2D eigenvalue weighted by molar-refractivity contribution is 5.95. The first-order valence-corrected chi connectivity index (χ1v) is 10.5. The van der Waals surface area contributed by atoms with Crippen molar-refractivity contribution in [1.82, 2.24) is 10.2 Å². The largest absolute Gasteiger partial charge is 0.496 e. The van der Waals surface area contributed by atoms with E-state index in [0.717, 1.165) is 24.2 Å². The third-order valence-corrected chi connectivity index (χ3v) is 5.59. The molecule has 1 aliphatic heterocycles. The maximum absolute atomic E-state index is 12.8. The summed E-state index contributed by atoms with van der Waals surface area (Å²) in [5.41, 5.74) is 1.59. The molecular formula is C24H30N2O5. The average molecular weight is 427 g/mol. The first-order chi connectivity index (χ1) is 15.0. The van der Waals surface area contributed by atoms with Crippen molar-refractivity contribution in [3.8, 4) is 17.2 Å². The van der Waals surface area contributed by atoms with E-state index >= 15 is 0 Å². The molecule has 0 bridgehead atoms. The number of ether oxygens (including phenoxy) is 3. The third kappa shape index (κ3) is 5.69. The summed E-state index contributed by atoms with van der Waals surface area (Å²) in [7, 11) is 4.75. The van der Waals surface area contributed by atoms with E-state index in [2.05, 4.69) is 5.32 Å². The van der Waals surface area contributed by atoms with Gasteiger partial charge in [-0.15, -0.1) is 0 Å². The maximum Gasteiger partial charge on any atom is 0.253 e. The van der Waals surface area contributed by atoms with Crippen molar-refractivity contribution < 1.29 is 23.8 Å². The van der Waals surface area contributed by atoms with Crippen LogP contribution in [0.3, 0.4) is 0 Å². The van der Waals surface area contributed by atoms with Crippen LogP contribution in [-0.2, 0) is 11.2 Å². The molecule has 1 fully saturated rings. The number of rotatable bonds is 8. The Morgan fingerprint density at radius 3 is 2.29 bits per heavy atom. The van der Waals surface area contributed by atoms with Crippen molar-refractivity contribution in [3.05, 3.63) is 53.6 Å². The number of nitrogens with zero attached hydrogens (tertiary/aromatic N) is 1. The molecule has 0 radical (unpaired) electrons. The molecule has 31 heavy (non-hydrogen) atoms. The number of carbonyl (C=O) groups excluding carboxylic acids is 2. The molecule has 7 nitrogen and oxygen atoms in total. The van der Waals surface area contributed by atoms with Crippen LogP contribution >= 0.6 is 0 Å². The molecule has 0 aromatic heterocycles. The lowest BCUT2D eigenvalue weighted by molar-refractivity contribution is -0.122. The van der Waals surface area contributed by atoms with Crippen molar-refractivity contribution in [3.63, 3.8) is 0 Å². The van der Waals surface area contributed by atoms with Crippen molar-refractivity contribution in [2.45, 2.75) is 31.7 Å². The van der Waals surface area contributed by atoms with Crippen LogP contribution in [0.15, 0.2) is 42.5 Å². The Balaban J connectivity index is 1.48. The van der Waals surface area contributed by atoms with E-state index < -0.39 is 0 Å². The fourth-order valence-electron chi connectivity index (χ4n) is 3.84. The SMILES string of the molecule is COc1ccccc1CCC(=O)NC1CCN(C(=O)c2ccc(OC)c(OC)c2)CC1. The van der Waals surface area contributed by atoms with Gasteiger partial charge in [-0.1, -0.05) is 18.2 Å². The van der Waals surface area contributed by atoms with E-state index in [1.807, 2.05) is 29.2 Å². The highest BCUT2D eigenvalue weighted by atomic mass is 16.5. The van der Waals surface area contributed by atoms with Gasteiger partial charge in [-0.05, 0) is 49.1 Å². The minimum Gasteiger partial charge on any atom is -0.496 e. The Kier molecular flexibility index (Phi) is 7.76. The van der Waals surface area contributed by atoms with Crippen LogP contribution in [-0.4, -0.2) is 57.2 Å². The molecule has 1 N–H and O–H groups in total. The summed E-state index contributed by atoms with van der Waals surface area (Å²) in [4.78, 5) is 27.1. The van der Waals surface area contributed by atoms with Crippen LogP contribution in [0, 0.1) is 0 Å². The Bertz CT molecular complexity index is 907. The van der Waals surface area contributed by atoms with Gasteiger partial charge in [0.05, 0.1) is 21.3 Å². The van der Waals surface area contributed by atoms with E-state index in [4.69, 9.17) is 14.2 Å². The molecule has 3 rings (SSSR count). The fraction of sp³-hybridized carbons (Fsp3) is 0.417. The highest BCUT2D eigenvalue weighted by Gasteiger charge is 2.25. The second-order valence-electron chi connectivity index (χ2n) is 7.52. The number of benzene rings is 2. The third-order valence-electron chi connectivity index (χ3n) is 5.59. The Hall–Kier alpha value is -3.22. The van der Waals surface area contributed by atoms with Gasteiger partial charge in [-0.2, -0.15) is 0 Å². The van der Waals surface area contributed by atoms with Crippen LogP contribution in [0.2, 0.25) is 0 Å². The molecule has 2 aromatic carbocycles. The lowest BCUT2D eigenvalue weighted by Gasteiger charge is -2.32. The summed E-state index contributed by atoms with van der Waals surface area (Å²) in [5.74, 6) is 1.91. The molecule has 2 amide bonds. The van der Waals surface area contributed by atoms with Gasteiger partial charge < -0.3 is 24.4 Å². The number of nitrogens with one attached hydrogen (secondary N) is 1. The Morgan fingerprint density at radius 1 is 0.935 bits per heavy atom. The predicted molar refractivity (Wildman–Crippen MR) is 118 cm³/mol. The topological polar surface area (TPSA) is 77.1 Å². The molecule has 7 heteroatoms. The van der Waals surface area contributed by atoms with Crippen LogP contribution < -0.4 is 19.5 Å². The first-order valence-electron chi connectivity index (χ1n) is 10.5. The number of aryl methyl sites for hydroxylation is 1. The van der Waals surface area contributed by atoms with E-state index in [1.54, 1.807) is 39.5 Å². The zero-order valence-corrected chi connectivity index (χ0v) is 18.3. The summed E-state index contributed by atoms with van der Waals surface area (Å²) >= 11 is 0. The normalized spacial score (nSPS) is 14.1. The highest BCUT2D eigenvalue weighted by Crippen LogP contribution is 2.28. The molecule has 1 aliphatic rings. The molecule has 0 atom stereocenters. The van der Waals surface area contributed by atoms with Crippen LogP contribution in [0.25, 0.3) is 0 Å². The van der Waals surface area contributed by atoms with Crippen LogP contribution in [0.5, 0.6) is 17.2 Å². The standard InChI is InChI=1S/C24H30N2O5/c1-29-20-7-5-4-6-17(20)9-11-23(27)25-19-12-14-26(15-13-19)24(28)18-8-10-21(30-2)22(16-18)31-3/h4-8,10,16,19H,9,11-15H2,1-3H3,(H,25,27). The Labute approximate surface area is 183 Å². The predicted octanol–water partition coefficient (Wildman–Crippen LogP) is 3.07. The minimum atomic E-state index is -0.0399. The van der Waals surface area contributed by atoms with Crippen molar-refractivity contribution in [2.75, 3.05) is 34.4 Å².